The van der Waals surface area contributed by atoms with E-state index in [1.807, 2.05) is 0 Å². The third-order valence-electron chi connectivity index (χ3n) is 4.38. The van der Waals surface area contributed by atoms with E-state index < -0.39 is 36.7 Å². The number of nitrogens with two attached hydrogens (primary N) is 1. The summed E-state index contributed by atoms with van der Waals surface area (Å²) in [6.07, 6.45) is -5.89. The van der Waals surface area contributed by atoms with Gasteiger partial charge >= 0.3 is 12.0 Å². The third kappa shape index (κ3) is 3.14. The van der Waals surface area contributed by atoms with E-state index in [1.165, 1.54) is 0 Å². The molecule has 28 heavy (non-hydrogen) atoms. The Labute approximate surface area is 156 Å². The number of nitrogen functional groups attached to an aromatic ring is 1. The van der Waals surface area contributed by atoms with Gasteiger partial charge in [-0.2, -0.15) is 14.4 Å². The van der Waals surface area contributed by atoms with Gasteiger partial charge in [0.05, 0.1) is 11.9 Å². The van der Waals surface area contributed by atoms with E-state index in [0.29, 0.717) is 5.56 Å². The zero-order valence-corrected chi connectivity index (χ0v) is 14.3. The van der Waals surface area contributed by atoms with Crippen molar-refractivity contribution in [3.8, 4) is 0 Å². The predicted octanol–water partition coefficient (Wildman–Crippen LogP) is 1.00. The number of anilines is 1. The van der Waals surface area contributed by atoms with Gasteiger partial charge in [-0.3, -0.25) is 4.57 Å². The number of rotatable bonds is 4. The number of carbonyl (C=O) groups is 1. The fourth-order valence-electron chi connectivity index (χ4n) is 2.98. The summed E-state index contributed by atoms with van der Waals surface area (Å²) in [5.41, 5.74) is 5.90. The van der Waals surface area contributed by atoms with Crippen molar-refractivity contribution in [3.05, 3.63) is 48.3 Å². The second-order valence-electron chi connectivity index (χ2n) is 6.17. The van der Waals surface area contributed by atoms with Gasteiger partial charge < -0.3 is 20.3 Å². The summed E-state index contributed by atoms with van der Waals surface area (Å²) in [6.45, 7) is -0.371. The van der Waals surface area contributed by atoms with Gasteiger partial charge in [-0.1, -0.05) is 18.2 Å². The highest BCUT2D eigenvalue weighted by Crippen LogP contribution is 2.34. The van der Waals surface area contributed by atoms with Crippen LogP contribution in [0.2, 0.25) is 0 Å². The molecule has 1 fully saturated rings. The fourth-order valence-corrected chi connectivity index (χ4v) is 2.98. The molecule has 1 aliphatic rings. The molecule has 0 aliphatic carbocycles. The molecule has 0 spiro atoms. The first-order valence-electron chi connectivity index (χ1n) is 8.31. The average molecular weight is 391 g/mol. The minimum atomic E-state index is -1.89. The second-order valence-corrected chi connectivity index (χ2v) is 6.17. The molecule has 1 saturated heterocycles. The summed E-state index contributed by atoms with van der Waals surface area (Å²) >= 11 is 0. The van der Waals surface area contributed by atoms with Crippen LogP contribution < -0.4 is 5.73 Å². The maximum atomic E-state index is 14.6. The van der Waals surface area contributed by atoms with Crippen LogP contribution in [-0.4, -0.2) is 55.6 Å². The van der Waals surface area contributed by atoms with Crippen LogP contribution >= 0.6 is 0 Å². The zero-order valence-electron chi connectivity index (χ0n) is 14.3. The van der Waals surface area contributed by atoms with Crippen LogP contribution in [0.3, 0.4) is 0 Å². The van der Waals surface area contributed by atoms with Gasteiger partial charge in [-0.05, 0) is 12.1 Å². The summed E-state index contributed by atoms with van der Waals surface area (Å²) in [7, 11) is 0. The molecule has 4 atom stereocenters. The Morgan fingerprint density at radius 1 is 1.32 bits per heavy atom. The molecule has 0 saturated carbocycles. The minimum Gasteiger partial charge on any atom is -0.459 e. The number of hydrogen-bond donors (Lipinski definition) is 2. The Bertz CT molecular complexity index is 1020. The van der Waals surface area contributed by atoms with Crippen molar-refractivity contribution >= 4 is 23.0 Å². The first-order valence-corrected chi connectivity index (χ1v) is 8.31. The second kappa shape index (κ2) is 7.09. The highest BCUT2D eigenvalue weighted by Gasteiger charge is 2.46. The van der Waals surface area contributed by atoms with Crippen molar-refractivity contribution in [1.82, 2.24) is 19.5 Å². The zero-order chi connectivity index (χ0) is 19.8. The van der Waals surface area contributed by atoms with Crippen molar-refractivity contribution < 1.29 is 28.2 Å². The number of esters is 1. The van der Waals surface area contributed by atoms with E-state index in [1.54, 1.807) is 30.3 Å². The first kappa shape index (κ1) is 18.2. The molecule has 0 bridgehead atoms. The lowest BCUT2D eigenvalue weighted by Crippen LogP contribution is -2.32. The van der Waals surface area contributed by atoms with E-state index in [-0.39, 0.29) is 23.6 Å². The summed E-state index contributed by atoms with van der Waals surface area (Å²) in [6, 6.07) is 8.20. The number of ether oxygens (including phenoxy) is 2. The number of carbonyl (C=O) groups excluding carboxylic acids is 1. The van der Waals surface area contributed by atoms with Crippen LogP contribution in [0.5, 0.6) is 0 Å². The Hall–Kier alpha value is -3.18. The van der Waals surface area contributed by atoms with Gasteiger partial charge in [0.2, 0.25) is 0 Å². The predicted molar refractivity (Wildman–Crippen MR) is 91.2 cm³/mol. The standard InChI is InChI=1S/C17H15F2N5O4/c18-10-12(25)9(6-27-16(26)8-4-2-1-3-5-8)28-15(10)24-7-21-11-13(20)22-17(19)23-14(11)24/h1-5,7,9-10,12,15,25H,6H2,(H2,20,22,23)/t9-,10-,12-,15-/m1/s1. The first-order chi connectivity index (χ1) is 13.5. The number of imidazole rings is 1. The quantitative estimate of drug-likeness (QED) is 0.498. The van der Waals surface area contributed by atoms with Crippen LogP contribution in [0.25, 0.3) is 11.2 Å². The van der Waals surface area contributed by atoms with Crippen LogP contribution in [0, 0.1) is 6.08 Å². The Balaban J connectivity index is 1.51. The number of fused-ring (bicyclic) bond motifs is 1. The summed E-state index contributed by atoms with van der Waals surface area (Å²) < 4.78 is 39.8. The van der Waals surface area contributed by atoms with Gasteiger partial charge in [0.1, 0.15) is 18.8 Å². The largest absolute Gasteiger partial charge is 0.459 e. The molecule has 3 heterocycles. The number of halogens is 2. The van der Waals surface area contributed by atoms with Crippen molar-refractivity contribution in [2.24, 2.45) is 0 Å². The fraction of sp³-hybridized carbons (Fsp3) is 0.294. The number of hydrogen-bond acceptors (Lipinski definition) is 8. The molecular formula is C17H15F2N5O4. The minimum absolute atomic E-state index is 0.0747. The summed E-state index contributed by atoms with van der Waals surface area (Å²) in [5.74, 6) is -0.838. The number of nitrogens with zero attached hydrogens (tertiary/aromatic N) is 4. The van der Waals surface area contributed by atoms with E-state index in [4.69, 9.17) is 15.2 Å². The molecule has 11 heteroatoms. The molecule has 1 aliphatic heterocycles. The van der Waals surface area contributed by atoms with E-state index in [9.17, 15) is 18.7 Å². The average Bonchev–Trinajstić information content (AvgIpc) is 3.22. The normalized spacial score (nSPS) is 24.5. The highest BCUT2D eigenvalue weighted by atomic mass is 19.1. The molecule has 0 radical (unpaired) electrons. The summed E-state index contributed by atoms with van der Waals surface area (Å²) in [4.78, 5) is 22.9. The Morgan fingerprint density at radius 3 is 2.82 bits per heavy atom. The topological polar surface area (TPSA) is 125 Å². The maximum absolute atomic E-state index is 14.6. The molecule has 9 nitrogen and oxygen atoms in total. The number of benzene rings is 1. The molecule has 1 aromatic carbocycles. The molecule has 4 rings (SSSR count). The van der Waals surface area contributed by atoms with Crippen molar-refractivity contribution in [1.29, 1.82) is 0 Å². The maximum Gasteiger partial charge on any atom is 0.338 e. The van der Waals surface area contributed by atoms with Crippen LogP contribution in [0.1, 0.15) is 16.6 Å². The van der Waals surface area contributed by atoms with Gasteiger partial charge in [0, 0.05) is 0 Å². The lowest BCUT2D eigenvalue weighted by atomic mass is 10.1. The Morgan fingerprint density at radius 2 is 2.07 bits per heavy atom. The van der Waals surface area contributed by atoms with Gasteiger partial charge in [0.25, 0.3) is 0 Å². The van der Waals surface area contributed by atoms with Crippen molar-refractivity contribution in [3.63, 3.8) is 0 Å². The number of aromatic nitrogens is 4. The lowest BCUT2D eigenvalue weighted by Gasteiger charge is -2.15. The van der Waals surface area contributed by atoms with E-state index in [2.05, 4.69) is 15.0 Å². The van der Waals surface area contributed by atoms with Gasteiger partial charge in [-0.25, -0.2) is 14.2 Å². The van der Waals surface area contributed by atoms with E-state index in [0.717, 1.165) is 10.9 Å². The SMILES string of the molecule is Nc1nc(F)nc2c1ncn2[C@@H]1O[C@H](COC(=O)c2ccccc2)[C@@H](O)[C@H]1F. The van der Waals surface area contributed by atoms with Crippen LogP contribution in [0.4, 0.5) is 14.6 Å². The summed E-state index contributed by atoms with van der Waals surface area (Å²) in [5, 5.41) is 10.1. The molecule has 2 aromatic heterocycles. The monoisotopic (exact) mass is 391 g/mol. The number of alkyl halides is 1. The van der Waals surface area contributed by atoms with Gasteiger partial charge in [-0.15, -0.1) is 0 Å². The Kier molecular flexibility index (Phi) is 4.61. The van der Waals surface area contributed by atoms with Gasteiger partial charge in [0.15, 0.2) is 29.4 Å². The number of aliphatic hydroxyl groups is 1. The van der Waals surface area contributed by atoms with Crippen LogP contribution in [-0.2, 0) is 9.47 Å². The number of aliphatic hydroxyl groups excluding tert-OH is 1. The molecular weight excluding hydrogens is 376 g/mol. The lowest BCUT2D eigenvalue weighted by molar-refractivity contribution is -0.0529. The third-order valence-corrected chi connectivity index (χ3v) is 4.38. The highest BCUT2D eigenvalue weighted by molar-refractivity contribution is 5.89. The molecule has 0 amide bonds. The van der Waals surface area contributed by atoms with Crippen LogP contribution in [0.15, 0.2) is 36.7 Å². The van der Waals surface area contributed by atoms with Crippen molar-refractivity contribution in [2.75, 3.05) is 12.3 Å². The molecule has 3 aromatic rings. The smallest absolute Gasteiger partial charge is 0.338 e. The van der Waals surface area contributed by atoms with E-state index >= 15 is 0 Å². The van der Waals surface area contributed by atoms with Crippen molar-refractivity contribution in [2.45, 2.75) is 24.6 Å². The molecule has 0 unspecified atom stereocenters. The molecule has 146 valence electrons. The molecule has 3 N–H and O–H groups in total.